The second-order valence-electron chi connectivity index (χ2n) is 4.15. The maximum absolute atomic E-state index is 10.8. The van der Waals surface area contributed by atoms with Crippen LogP contribution in [0.25, 0.3) is 0 Å². The lowest BCUT2D eigenvalue weighted by Crippen LogP contribution is -1.99. The van der Waals surface area contributed by atoms with Crippen LogP contribution < -0.4 is 4.74 Å². The Bertz CT molecular complexity index is 592. The number of nitro benzene ring substituents is 1. The number of aliphatic hydroxyl groups is 1. The standard InChI is InChI=1S/C13H14N2O4/c1-19-13-5-11(4-12(6-13)15(17)18)8-14-3-2-10(7-14)9-16/h2-7,16H,8-9H2,1H3. The Hall–Kier alpha value is -2.34. The molecule has 6 nitrogen and oxygen atoms in total. The van der Waals surface area contributed by atoms with Crippen molar-refractivity contribution in [2.75, 3.05) is 7.11 Å². The highest BCUT2D eigenvalue weighted by Crippen LogP contribution is 2.23. The van der Waals surface area contributed by atoms with Crippen molar-refractivity contribution in [3.05, 3.63) is 57.9 Å². The Morgan fingerprint density at radius 2 is 2.16 bits per heavy atom. The molecule has 1 aromatic carbocycles. The second kappa shape index (κ2) is 5.53. The van der Waals surface area contributed by atoms with Gasteiger partial charge >= 0.3 is 0 Å². The summed E-state index contributed by atoms with van der Waals surface area (Å²) in [6.07, 6.45) is 3.61. The predicted molar refractivity (Wildman–Crippen MR) is 69.1 cm³/mol. The summed E-state index contributed by atoms with van der Waals surface area (Å²) in [7, 11) is 1.47. The molecule has 0 bridgehead atoms. The predicted octanol–water partition coefficient (Wildman–Crippen LogP) is 1.95. The maximum Gasteiger partial charge on any atom is 0.273 e. The summed E-state index contributed by atoms with van der Waals surface area (Å²) in [5.41, 5.74) is 1.58. The number of hydrogen-bond acceptors (Lipinski definition) is 4. The molecule has 0 aliphatic carbocycles. The molecule has 0 fully saturated rings. The Morgan fingerprint density at radius 1 is 1.37 bits per heavy atom. The zero-order chi connectivity index (χ0) is 13.8. The number of benzene rings is 1. The third kappa shape index (κ3) is 3.11. The van der Waals surface area contributed by atoms with Crippen molar-refractivity contribution in [1.29, 1.82) is 0 Å². The van der Waals surface area contributed by atoms with Crippen LogP contribution >= 0.6 is 0 Å². The van der Waals surface area contributed by atoms with E-state index < -0.39 is 4.92 Å². The third-order valence-corrected chi connectivity index (χ3v) is 2.76. The number of rotatable bonds is 5. The van der Waals surface area contributed by atoms with Gasteiger partial charge in [-0.25, -0.2) is 0 Å². The van der Waals surface area contributed by atoms with E-state index in [2.05, 4.69) is 0 Å². The molecule has 1 aromatic heterocycles. The number of non-ortho nitro benzene ring substituents is 1. The van der Waals surface area contributed by atoms with Crippen molar-refractivity contribution in [3.63, 3.8) is 0 Å². The fourth-order valence-corrected chi connectivity index (χ4v) is 1.85. The van der Waals surface area contributed by atoms with Crippen molar-refractivity contribution in [1.82, 2.24) is 4.57 Å². The molecule has 0 unspecified atom stereocenters. The molecule has 100 valence electrons. The van der Waals surface area contributed by atoms with E-state index in [1.165, 1.54) is 19.2 Å². The molecular weight excluding hydrogens is 248 g/mol. The van der Waals surface area contributed by atoms with Crippen LogP contribution in [-0.2, 0) is 13.2 Å². The topological polar surface area (TPSA) is 77.5 Å². The molecular formula is C13H14N2O4. The van der Waals surface area contributed by atoms with Crippen LogP contribution in [-0.4, -0.2) is 21.7 Å². The van der Waals surface area contributed by atoms with Gasteiger partial charge in [-0.15, -0.1) is 0 Å². The molecule has 0 aliphatic heterocycles. The van der Waals surface area contributed by atoms with Gasteiger partial charge in [0.2, 0.25) is 0 Å². The molecule has 19 heavy (non-hydrogen) atoms. The van der Waals surface area contributed by atoms with Gasteiger partial charge in [0, 0.05) is 25.0 Å². The fourth-order valence-electron chi connectivity index (χ4n) is 1.85. The minimum absolute atomic E-state index is 0.00360. The second-order valence-corrected chi connectivity index (χ2v) is 4.15. The number of aromatic nitrogens is 1. The smallest absolute Gasteiger partial charge is 0.273 e. The number of hydrogen-bond donors (Lipinski definition) is 1. The van der Waals surface area contributed by atoms with Gasteiger partial charge in [0.05, 0.1) is 24.7 Å². The van der Waals surface area contributed by atoms with Gasteiger partial charge in [0.1, 0.15) is 5.75 Å². The summed E-state index contributed by atoms with van der Waals surface area (Å²) in [5, 5.41) is 19.8. The molecule has 2 aromatic rings. The average molecular weight is 262 g/mol. The van der Waals surface area contributed by atoms with E-state index in [4.69, 9.17) is 9.84 Å². The molecule has 0 atom stereocenters. The van der Waals surface area contributed by atoms with Crippen molar-refractivity contribution in [2.45, 2.75) is 13.2 Å². The van der Waals surface area contributed by atoms with Crippen molar-refractivity contribution >= 4 is 5.69 Å². The number of ether oxygens (including phenoxy) is 1. The monoisotopic (exact) mass is 262 g/mol. The summed E-state index contributed by atoms with van der Waals surface area (Å²) < 4.78 is 6.91. The first-order chi connectivity index (χ1) is 9.12. The highest BCUT2D eigenvalue weighted by molar-refractivity contribution is 5.43. The molecule has 0 radical (unpaired) electrons. The Kier molecular flexibility index (Phi) is 3.82. The molecule has 2 rings (SSSR count). The molecule has 1 N–H and O–H groups in total. The first-order valence-electron chi connectivity index (χ1n) is 5.70. The van der Waals surface area contributed by atoms with Crippen LogP contribution in [0, 0.1) is 10.1 Å². The van der Waals surface area contributed by atoms with Gasteiger partial charge in [-0.3, -0.25) is 10.1 Å². The summed E-state index contributed by atoms with van der Waals surface area (Å²) in [6.45, 7) is 0.462. The lowest BCUT2D eigenvalue weighted by Gasteiger charge is -2.06. The average Bonchev–Trinajstić information content (AvgIpc) is 2.85. The molecule has 0 amide bonds. The van der Waals surface area contributed by atoms with E-state index in [0.717, 1.165) is 11.1 Å². The van der Waals surface area contributed by atoms with Crippen LogP contribution in [0.1, 0.15) is 11.1 Å². The number of methoxy groups -OCH3 is 1. The summed E-state index contributed by atoms with van der Waals surface area (Å²) >= 11 is 0. The van der Waals surface area contributed by atoms with Gasteiger partial charge in [-0.05, 0) is 23.3 Å². The Morgan fingerprint density at radius 3 is 2.74 bits per heavy atom. The van der Waals surface area contributed by atoms with Crippen LogP contribution in [0.2, 0.25) is 0 Å². The van der Waals surface area contributed by atoms with E-state index in [1.54, 1.807) is 18.3 Å². The zero-order valence-corrected chi connectivity index (χ0v) is 10.4. The highest BCUT2D eigenvalue weighted by atomic mass is 16.6. The van der Waals surface area contributed by atoms with E-state index in [-0.39, 0.29) is 12.3 Å². The first kappa shape index (κ1) is 13.1. The van der Waals surface area contributed by atoms with E-state index in [1.807, 2.05) is 10.8 Å². The van der Waals surface area contributed by atoms with Gasteiger partial charge in [0.15, 0.2) is 0 Å². The van der Waals surface area contributed by atoms with Gasteiger partial charge in [0.25, 0.3) is 5.69 Å². The quantitative estimate of drug-likeness (QED) is 0.660. The normalized spacial score (nSPS) is 10.4. The molecule has 0 aliphatic rings. The van der Waals surface area contributed by atoms with Crippen molar-refractivity contribution in [2.24, 2.45) is 0 Å². The highest BCUT2D eigenvalue weighted by Gasteiger charge is 2.10. The molecule has 0 saturated heterocycles. The minimum Gasteiger partial charge on any atom is -0.496 e. The molecule has 1 heterocycles. The van der Waals surface area contributed by atoms with Crippen LogP contribution in [0.15, 0.2) is 36.7 Å². The van der Waals surface area contributed by atoms with Gasteiger partial charge in [-0.2, -0.15) is 0 Å². The van der Waals surface area contributed by atoms with E-state index in [9.17, 15) is 10.1 Å². The Balaban J connectivity index is 2.28. The van der Waals surface area contributed by atoms with E-state index >= 15 is 0 Å². The molecule has 0 saturated carbocycles. The lowest BCUT2D eigenvalue weighted by molar-refractivity contribution is -0.385. The summed E-state index contributed by atoms with van der Waals surface area (Å²) in [6, 6.07) is 6.46. The lowest BCUT2D eigenvalue weighted by atomic mass is 10.2. The number of aliphatic hydroxyl groups excluding tert-OH is 1. The fraction of sp³-hybridized carbons (Fsp3) is 0.231. The minimum atomic E-state index is -0.444. The van der Waals surface area contributed by atoms with E-state index in [0.29, 0.717) is 12.3 Å². The number of nitrogens with zero attached hydrogens (tertiary/aromatic N) is 2. The van der Waals surface area contributed by atoms with Crippen molar-refractivity contribution in [3.8, 4) is 5.75 Å². The first-order valence-corrected chi connectivity index (χ1v) is 5.70. The summed E-state index contributed by atoms with van der Waals surface area (Å²) in [4.78, 5) is 10.4. The van der Waals surface area contributed by atoms with Gasteiger partial charge < -0.3 is 14.4 Å². The zero-order valence-electron chi connectivity index (χ0n) is 10.4. The summed E-state index contributed by atoms with van der Waals surface area (Å²) in [5.74, 6) is 0.457. The maximum atomic E-state index is 10.8. The van der Waals surface area contributed by atoms with Crippen LogP contribution in [0.3, 0.4) is 0 Å². The van der Waals surface area contributed by atoms with Gasteiger partial charge in [-0.1, -0.05) is 0 Å². The largest absolute Gasteiger partial charge is 0.496 e. The van der Waals surface area contributed by atoms with Crippen molar-refractivity contribution < 1.29 is 14.8 Å². The number of nitro groups is 1. The third-order valence-electron chi connectivity index (χ3n) is 2.76. The molecule has 6 heteroatoms. The molecule has 0 spiro atoms. The van der Waals surface area contributed by atoms with Crippen LogP contribution in [0.4, 0.5) is 5.69 Å². The SMILES string of the molecule is COc1cc(Cn2ccc(CO)c2)cc([N+](=O)[O-])c1. The Labute approximate surface area is 110 Å². The van der Waals surface area contributed by atoms with Crippen LogP contribution in [0.5, 0.6) is 5.75 Å².